The molecule has 166 valence electrons. The van der Waals surface area contributed by atoms with Gasteiger partial charge in [0.25, 0.3) is 11.8 Å². The lowest BCUT2D eigenvalue weighted by atomic mass is 10.1. The van der Waals surface area contributed by atoms with Gasteiger partial charge in [0.05, 0.1) is 18.3 Å². The molecule has 0 aromatic heterocycles. The molecule has 0 radical (unpaired) electrons. The molecule has 1 aliphatic rings. The van der Waals surface area contributed by atoms with Crippen LogP contribution in [0.25, 0.3) is 6.08 Å². The van der Waals surface area contributed by atoms with Crippen LogP contribution in [0.15, 0.2) is 48.0 Å². The number of thiocarbonyl (C=S) groups is 1. The van der Waals surface area contributed by atoms with Gasteiger partial charge in [-0.2, -0.15) is 0 Å². The van der Waals surface area contributed by atoms with Gasteiger partial charge in [0.15, 0.2) is 16.6 Å². The number of carboxylic acids is 1. The van der Waals surface area contributed by atoms with Crippen LogP contribution in [-0.4, -0.2) is 35.6 Å². The number of amides is 2. The molecule has 1 aliphatic heterocycles. The SMILES string of the molecule is CCOc1cc(/C=C2/C(=O)NC(=S)N(c3ccccc3F)C2=O)ccc1O[C@@H](C)C(=O)[O-]. The molecular weight excluding hydrogens is 439 g/mol. The molecule has 0 saturated carbocycles. The fourth-order valence-electron chi connectivity index (χ4n) is 2.89. The molecule has 0 bridgehead atoms. The van der Waals surface area contributed by atoms with Crippen molar-refractivity contribution in [2.24, 2.45) is 0 Å². The molecule has 1 saturated heterocycles. The second kappa shape index (κ2) is 9.56. The highest BCUT2D eigenvalue weighted by atomic mass is 32.1. The van der Waals surface area contributed by atoms with Crippen molar-refractivity contribution in [3.05, 3.63) is 59.4 Å². The van der Waals surface area contributed by atoms with Crippen molar-refractivity contribution in [3.63, 3.8) is 0 Å². The van der Waals surface area contributed by atoms with Gasteiger partial charge in [-0.1, -0.05) is 18.2 Å². The molecule has 1 atom stereocenters. The second-order valence-corrected chi connectivity index (χ2v) is 7.01. The number of hydrogen-bond donors (Lipinski definition) is 1. The number of carboxylic acid groups (broad SMARTS) is 1. The Morgan fingerprint density at radius 2 is 1.97 bits per heavy atom. The van der Waals surface area contributed by atoms with Crippen molar-refractivity contribution in [1.29, 1.82) is 0 Å². The molecule has 2 aromatic carbocycles. The predicted molar refractivity (Wildman–Crippen MR) is 115 cm³/mol. The summed E-state index contributed by atoms with van der Waals surface area (Å²) in [7, 11) is 0. The monoisotopic (exact) mass is 457 g/mol. The van der Waals surface area contributed by atoms with Crippen molar-refractivity contribution in [2.45, 2.75) is 20.0 Å². The molecule has 0 aliphatic carbocycles. The van der Waals surface area contributed by atoms with E-state index in [2.05, 4.69) is 5.32 Å². The molecule has 0 unspecified atom stereocenters. The first-order chi connectivity index (χ1) is 15.2. The second-order valence-electron chi connectivity index (χ2n) is 6.63. The number of carbonyl (C=O) groups is 3. The van der Waals surface area contributed by atoms with Gasteiger partial charge in [-0.3, -0.25) is 14.9 Å². The Bertz CT molecular complexity index is 1130. The maximum atomic E-state index is 14.3. The van der Waals surface area contributed by atoms with E-state index in [0.717, 1.165) is 4.90 Å². The Balaban J connectivity index is 1.98. The Hall–Kier alpha value is -3.79. The molecule has 2 amide bonds. The van der Waals surface area contributed by atoms with E-state index in [1.807, 2.05) is 0 Å². The van der Waals surface area contributed by atoms with Gasteiger partial charge in [-0.25, -0.2) is 9.29 Å². The van der Waals surface area contributed by atoms with E-state index in [1.165, 1.54) is 55.5 Å². The Morgan fingerprint density at radius 1 is 1.25 bits per heavy atom. The summed E-state index contributed by atoms with van der Waals surface area (Å²) in [6.45, 7) is 3.29. The van der Waals surface area contributed by atoms with E-state index in [4.69, 9.17) is 21.7 Å². The van der Waals surface area contributed by atoms with Crippen molar-refractivity contribution >= 4 is 46.9 Å². The van der Waals surface area contributed by atoms with Crippen LogP contribution in [0.1, 0.15) is 19.4 Å². The molecule has 10 heteroatoms. The molecule has 32 heavy (non-hydrogen) atoms. The van der Waals surface area contributed by atoms with Gasteiger partial charge in [0, 0.05) is 0 Å². The third-order valence-electron chi connectivity index (χ3n) is 4.41. The molecule has 0 spiro atoms. The zero-order valence-corrected chi connectivity index (χ0v) is 17.9. The van der Waals surface area contributed by atoms with Crippen LogP contribution in [0.5, 0.6) is 11.5 Å². The summed E-state index contributed by atoms with van der Waals surface area (Å²) in [5.74, 6) is -3.25. The number of carbonyl (C=O) groups excluding carboxylic acids is 3. The molecule has 1 N–H and O–H groups in total. The van der Waals surface area contributed by atoms with Gasteiger partial charge in [0.2, 0.25) is 0 Å². The first-order valence-corrected chi connectivity index (χ1v) is 9.94. The normalized spacial score (nSPS) is 16.0. The summed E-state index contributed by atoms with van der Waals surface area (Å²) in [5.41, 5.74) is 0.0196. The fraction of sp³-hybridized carbons (Fsp3) is 0.182. The quantitative estimate of drug-likeness (QED) is 0.382. The summed E-state index contributed by atoms with van der Waals surface area (Å²) >= 11 is 5.06. The molecule has 1 heterocycles. The summed E-state index contributed by atoms with van der Waals surface area (Å²) in [6, 6.07) is 9.97. The molecular formula is C22H18FN2O6S-. The largest absolute Gasteiger partial charge is 0.546 e. The highest BCUT2D eigenvalue weighted by Crippen LogP contribution is 2.31. The number of para-hydroxylation sites is 1. The number of ether oxygens (including phenoxy) is 2. The number of halogens is 1. The minimum Gasteiger partial charge on any atom is -0.546 e. The summed E-state index contributed by atoms with van der Waals surface area (Å²) in [5, 5.41) is 13.1. The highest BCUT2D eigenvalue weighted by molar-refractivity contribution is 7.80. The zero-order chi connectivity index (χ0) is 23.4. The van der Waals surface area contributed by atoms with Crippen molar-refractivity contribution < 1.29 is 33.4 Å². The number of anilines is 1. The number of hydrogen-bond acceptors (Lipinski definition) is 7. The lowest BCUT2D eigenvalue weighted by molar-refractivity contribution is -0.312. The average Bonchev–Trinajstić information content (AvgIpc) is 2.74. The van der Waals surface area contributed by atoms with Gasteiger partial charge in [0.1, 0.15) is 17.5 Å². The fourth-order valence-corrected chi connectivity index (χ4v) is 3.17. The van der Waals surface area contributed by atoms with Crippen LogP contribution in [0.4, 0.5) is 10.1 Å². The van der Waals surface area contributed by atoms with E-state index in [1.54, 1.807) is 6.92 Å². The summed E-state index contributed by atoms with van der Waals surface area (Å²) < 4.78 is 25.1. The standard InChI is InChI=1S/C22H19FN2O6S/c1-3-30-18-11-13(8-9-17(18)31-12(2)21(28)29)10-14-19(26)24-22(32)25(20(14)27)16-7-5-4-6-15(16)23/h4-12H,3H2,1-2H3,(H,28,29)(H,24,26,32)/p-1/b14-10-/t12-/m0/s1. The number of aliphatic carboxylic acids is 1. The Morgan fingerprint density at radius 3 is 2.62 bits per heavy atom. The van der Waals surface area contributed by atoms with Gasteiger partial charge in [-0.15, -0.1) is 0 Å². The van der Waals surface area contributed by atoms with E-state index in [9.17, 15) is 23.9 Å². The van der Waals surface area contributed by atoms with Crippen molar-refractivity contribution in [1.82, 2.24) is 5.32 Å². The van der Waals surface area contributed by atoms with Crippen LogP contribution in [-0.2, 0) is 14.4 Å². The predicted octanol–water partition coefficient (Wildman–Crippen LogP) is 1.57. The molecule has 2 aromatic rings. The van der Waals surface area contributed by atoms with E-state index in [0.29, 0.717) is 5.56 Å². The lowest BCUT2D eigenvalue weighted by Gasteiger charge is -2.29. The van der Waals surface area contributed by atoms with Crippen LogP contribution in [0.3, 0.4) is 0 Å². The number of nitrogens with zero attached hydrogens (tertiary/aromatic N) is 1. The third kappa shape index (κ3) is 4.75. The summed E-state index contributed by atoms with van der Waals surface area (Å²) in [4.78, 5) is 37.3. The van der Waals surface area contributed by atoms with Crippen LogP contribution >= 0.6 is 12.2 Å². The van der Waals surface area contributed by atoms with Crippen molar-refractivity contribution in [3.8, 4) is 11.5 Å². The van der Waals surface area contributed by atoms with E-state index < -0.39 is 29.7 Å². The number of benzene rings is 2. The topological polar surface area (TPSA) is 108 Å². The summed E-state index contributed by atoms with van der Waals surface area (Å²) in [6.07, 6.45) is 0.0707. The third-order valence-corrected chi connectivity index (χ3v) is 4.69. The lowest BCUT2D eigenvalue weighted by Crippen LogP contribution is -2.54. The first kappa shape index (κ1) is 22.9. The van der Waals surface area contributed by atoms with Gasteiger partial charge in [-0.05, 0) is 62.0 Å². The van der Waals surface area contributed by atoms with Gasteiger partial charge >= 0.3 is 0 Å². The first-order valence-electron chi connectivity index (χ1n) is 9.53. The van der Waals surface area contributed by atoms with Crippen LogP contribution in [0, 0.1) is 5.82 Å². The smallest absolute Gasteiger partial charge is 0.270 e. The zero-order valence-electron chi connectivity index (χ0n) is 17.1. The molecule has 1 fully saturated rings. The minimum atomic E-state index is -1.40. The maximum Gasteiger partial charge on any atom is 0.270 e. The van der Waals surface area contributed by atoms with Crippen molar-refractivity contribution in [2.75, 3.05) is 11.5 Å². The molecule has 3 rings (SSSR count). The minimum absolute atomic E-state index is 0.0941. The van der Waals surface area contributed by atoms with Gasteiger partial charge < -0.3 is 19.4 Å². The highest BCUT2D eigenvalue weighted by Gasteiger charge is 2.35. The van der Waals surface area contributed by atoms with E-state index >= 15 is 0 Å². The maximum absolute atomic E-state index is 14.3. The average molecular weight is 457 g/mol. The Labute approximate surface area is 188 Å². The number of rotatable bonds is 7. The molecule has 8 nitrogen and oxygen atoms in total. The Kier molecular flexibility index (Phi) is 6.84. The van der Waals surface area contributed by atoms with E-state index in [-0.39, 0.29) is 34.5 Å². The van der Waals surface area contributed by atoms with Crippen LogP contribution < -0.4 is 24.8 Å². The van der Waals surface area contributed by atoms with Crippen LogP contribution in [0.2, 0.25) is 0 Å². The number of nitrogens with one attached hydrogen (secondary N) is 1.